The van der Waals surface area contributed by atoms with Crippen LogP contribution in [0.25, 0.3) is 111 Å². The molecule has 0 spiro atoms. The minimum atomic E-state index is 0. The van der Waals surface area contributed by atoms with E-state index < -0.39 is 0 Å². The number of rotatable bonds is 0. The monoisotopic (exact) mass is 2450 g/mol. The van der Waals surface area contributed by atoms with Crippen LogP contribution in [0.2, 0.25) is 0 Å². The molecular weight excluding hydrogens is 2180 g/mol. The normalized spacial score (nSPS) is 1.33. The van der Waals surface area contributed by atoms with Gasteiger partial charge in [-0.15, -0.1) is 0 Å². The topological polar surface area (TPSA) is 603 Å². The SMILES string of the molecule is C.C.C.C.C.C.C.C.C.C.C.C.C.C.C.C.C.C.C.C.C.C.C.C.C.C.C.C.C.C.C.C.C.C.C.C.C.C.C.C.PB=S.PB=S.PB=S.PB=S.PB=S.PB=S.PB=S.PB=S.PB=S.PB=S.PB=S.PB=S.PB=S.PB=S.PB=S.PB=S.PB=S.PB=S.[CH3-].[CH3-].[CH3-].[CH3-].[CH3-].[CH3-].[CH3-].[CH3-].[CH3-].[CH3-].[NH2-].[NH2-].[NH2-].[NH2-].[NH2-].[NH2-].[NH2-].[NH2-].[NH2-].[NH2-].[NH2-].[NH2-].[NH2-].[NH2-].[NH2-].[NH2-].[NH2-].[NH2-]. The van der Waals surface area contributed by atoms with Crippen molar-refractivity contribution in [3.63, 3.8) is 0 Å². The molecule has 0 saturated carbocycles. The molecule has 0 rings (SSSR count). The Hall–Kier alpha value is 12.1. The summed E-state index contributed by atoms with van der Waals surface area (Å²) < 4.78 is 0. The molecule has 0 radical (unpaired) electrons. The zero-order valence-electron chi connectivity index (χ0n) is 48.5. The van der Waals surface area contributed by atoms with Crippen molar-refractivity contribution in [2.75, 3.05) is 0 Å². The average molecular weight is 2450 g/mol. The van der Waals surface area contributed by atoms with Gasteiger partial charge in [0.15, 0.2) is 0 Å². The maximum atomic E-state index is 4.23. The van der Waals surface area contributed by atoms with Gasteiger partial charge in [-0.3, -0.25) is 0 Å². The van der Waals surface area contributed by atoms with Crippen LogP contribution in [0.1, 0.15) is 297 Å². The molecule has 0 aliphatic rings. The average Bonchev–Trinajstić information content (AvgIpc) is 3.04. The van der Waals surface area contributed by atoms with Crippen molar-refractivity contribution in [2.45, 2.75) is 297 Å². The van der Waals surface area contributed by atoms with Crippen molar-refractivity contribution in [3.05, 3.63) is 185 Å². The van der Waals surface area contributed by atoms with E-state index in [0.717, 1.165) is 0 Å². The van der Waals surface area contributed by atoms with Gasteiger partial charge in [-0.1, -0.05) is 297 Å². The summed E-state index contributed by atoms with van der Waals surface area (Å²) in [7, 11) is 40.8. The van der Waals surface area contributed by atoms with E-state index in [1.54, 1.807) is 0 Å². The Morgan fingerprint density at radius 1 is 0.0738 bits per heavy atom. The summed E-state index contributed by atoms with van der Waals surface area (Å²) in [6, 6.07) is 0. The number of hydrogen-bond acceptors (Lipinski definition) is 18. The van der Waals surface area contributed by atoms with Gasteiger partial charge < -0.3 is 185 Å². The second-order valence-electron chi connectivity index (χ2n) is 2.45. The van der Waals surface area contributed by atoms with E-state index in [1.165, 1.54) is 106 Å². The zero-order chi connectivity index (χ0) is 48.7. The van der Waals surface area contributed by atoms with Crippen LogP contribution >= 0.6 is 381 Å². The Balaban J connectivity index is -0.00000000130. The zero-order valence-corrected chi connectivity index (χ0v) is 84.0. The summed E-state index contributed by atoms with van der Waals surface area (Å²) in [5.74, 6) is 27.0. The summed E-state index contributed by atoms with van der Waals surface area (Å²) >= 11 is 76.2. The molecule has 0 fully saturated rings. The van der Waals surface area contributed by atoms with Gasteiger partial charge in [0.05, 0.1) is 0 Å². The smallest absolute Gasteiger partial charge is 0.358 e. The van der Waals surface area contributed by atoms with Gasteiger partial charge in [0, 0.05) is 0 Å². The Morgan fingerprint density at radius 2 is 0.0738 bits per heavy atom. The fourth-order valence-electron chi connectivity index (χ4n) is 0. The van der Waals surface area contributed by atoms with E-state index in [0.29, 0.717) is 0 Å². The first-order valence-electron chi connectivity index (χ1n) is 10.2. The van der Waals surface area contributed by atoms with Gasteiger partial charge >= 0.3 is 487 Å². The van der Waals surface area contributed by atoms with Crippen LogP contribution in [-0.4, -0.2) is 106 Å². The molecular formula is C50H262B18N18P18S18-28. The standard InChI is InChI=1S/40CH4.10CH3.18BH2PS.18H2N/c;;;;;;;;;;;;;;;;;;;;;;;;;;;;;;;;;;;;;;;;;;;;;;;;;;18*2-1-3;;;;;;;;;;;;;;;;;;/h40*1H4;10*1H3;18*2H2;18*1H2/q;;;;;;;;;;;;;;;;;;;;;;;;;;;;;;;;;;;;;;;;10*-1;;;;;;;;;;;;;;;;;;;18*-1. The Labute approximate surface area is 957 Å². The van der Waals surface area contributed by atoms with Crippen LogP contribution in [0.3, 0.4) is 0 Å². The predicted octanol–water partition coefficient (Wildman–Crippen LogP) is 53.5. The van der Waals surface area contributed by atoms with Gasteiger partial charge in [-0.2, -0.15) is 0 Å². The molecule has 18 nitrogen and oxygen atoms in total. The molecule has 0 saturated heterocycles. The first-order valence-corrected chi connectivity index (χ1v) is 30.7. The molecule has 0 aromatic rings. The van der Waals surface area contributed by atoms with Crippen molar-refractivity contribution in [1.82, 2.24) is 0 Å². The largest absolute Gasteiger partial charge is 0.693 e. The van der Waals surface area contributed by atoms with E-state index >= 15 is 0 Å². The fraction of sp³-hybridized carbons (Fsp3) is 0.800. The second-order valence-corrected chi connectivity index (χ2v) is 22.0. The number of hydrogen-bond donors (Lipinski definition) is 0. The third kappa shape index (κ3) is 15400. The van der Waals surface area contributed by atoms with Crippen LogP contribution in [0, 0.1) is 74.3 Å². The van der Waals surface area contributed by atoms with Crippen molar-refractivity contribution < 1.29 is 0 Å². The van der Waals surface area contributed by atoms with Crippen molar-refractivity contribution in [2.24, 2.45) is 0 Å². The Kier molecular flexibility index (Phi) is 21500. The Bertz CT molecular complexity index is 623. The molecule has 0 aromatic carbocycles. The first kappa shape index (κ1) is 1030. The van der Waals surface area contributed by atoms with Crippen LogP contribution in [-0.2, 0) is 0 Å². The molecule has 18 unspecified atom stereocenters. The molecule has 36 N–H and O–H groups in total. The third-order valence-electron chi connectivity index (χ3n) is 0. The molecule has 832 valence electrons. The van der Waals surface area contributed by atoms with E-state index in [-0.39, 0.29) is 482 Å². The molecule has 0 aliphatic heterocycles. The summed E-state index contributed by atoms with van der Waals surface area (Å²) in [5, 5.41) is 0. The molecule has 0 heterocycles. The maximum Gasteiger partial charge on any atom is -0.358 e. The first-order chi connectivity index (χ1) is 25.5. The molecule has 0 aromatic heterocycles. The Morgan fingerprint density at radius 3 is 0.0738 bits per heavy atom. The number of nitrogens with two attached hydrogens (primary N) is 18. The van der Waals surface area contributed by atoms with Gasteiger partial charge in [0.1, 0.15) is 0 Å². The molecule has 72 heteroatoms. The van der Waals surface area contributed by atoms with E-state index in [9.17, 15) is 0 Å². The molecule has 18 atom stereocenters. The maximum absolute atomic E-state index is 4.23. The van der Waals surface area contributed by atoms with Gasteiger partial charge in [0.25, 0.3) is 0 Å². The van der Waals surface area contributed by atoms with Crippen molar-refractivity contribution >= 4 is 487 Å². The van der Waals surface area contributed by atoms with E-state index in [1.807, 2.05) is 0 Å². The molecule has 122 heavy (non-hydrogen) atoms. The minimum Gasteiger partial charge on any atom is -0.693 e. The van der Waals surface area contributed by atoms with Gasteiger partial charge in [0.2, 0.25) is 0 Å². The van der Waals surface area contributed by atoms with Crippen LogP contribution in [0.15, 0.2) is 0 Å². The van der Waals surface area contributed by atoms with Gasteiger partial charge in [-0.05, 0) is 0 Å². The van der Waals surface area contributed by atoms with Crippen LogP contribution < -0.4 is 0 Å². The molecule has 0 amide bonds. The summed E-state index contributed by atoms with van der Waals surface area (Å²) in [6.45, 7) is 0. The second kappa shape index (κ2) is 2560. The van der Waals surface area contributed by atoms with Crippen LogP contribution in [0.5, 0.6) is 0 Å². The van der Waals surface area contributed by atoms with E-state index in [4.69, 9.17) is 0 Å². The van der Waals surface area contributed by atoms with E-state index in [2.05, 4.69) is 381 Å². The van der Waals surface area contributed by atoms with Crippen molar-refractivity contribution in [1.29, 1.82) is 0 Å². The molecule has 0 bridgehead atoms. The predicted molar refractivity (Wildman–Crippen MR) is 843 cm³/mol. The third-order valence-corrected chi connectivity index (χ3v) is 0. The van der Waals surface area contributed by atoms with Crippen LogP contribution in [0.4, 0.5) is 0 Å². The summed E-state index contributed by atoms with van der Waals surface area (Å²) in [5.41, 5.74) is 0. The van der Waals surface area contributed by atoms with Crippen molar-refractivity contribution in [3.8, 4) is 0 Å². The fourth-order valence-corrected chi connectivity index (χ4v) is 0. The van der Waals surface area contributed by atoms with Gasteiger partial charge in [-0.25, -0.2) is 0 Å². The quantitative estimate of drug-likeness (QED) is 0.123. The minimum absolute atomic E-state index is 0. The summed E-state index contributed by atoms with van der Waals surface area (Å²) in [6.07, 6.45) is 0. The summed E-state index contributed by atoms with van der Waals surface area (Å²) in [4.78, 5) is 0. The molecule has 0 aliphatic carbocycles.